The zero-order valence-corrected chi connectivity index (χ0v) is 11.4. The highest BCUT2D eigenvalue weighted by atomic mass is 16.5. The van der Waals surface area contributed by atoms with Crippen molar-refractivity contribution in [2.45, 2.75) is 45.4 Å². The van der Waals surface area contributed by atoms with Crippen molar-refractivity contribution in [3.05, 3.63) is 5.82 Å². The first kappa shape index (κ1) is 13.4. The molecule has 5 atom stereocenters. The van der Waals surface area contributed by atoms with Gasteiger partial charge in [0.2, 0.25) is 0 Å². The lowest BCUT2D eigenvalue weighted by Gasteiger charge is -2.27. The van der Waals surface area contributed by atoms with Crippen molar-refractivity contribution >= 4 is 0 Å². The second-order valence-corrected chi connectivity index (χ2v) is 5.16. The number of ether oxygens (including phenoxy) is 1. The lowest BCUT2D eigenvalue weighted by molar-refractivity contribution is 0.0475. The van der Waals surface area contributed by atoms with Crippen LogP contribution in [0.1, 0.15) is 26.6 Å². The third-order valence-corrected chi connectivity index (χ3v) is 3.95. The number of tetrazole rings is 1. The monoisotopic (exact) mass is 254 g/mol. The maximum Gasteiger partial charge on any atom is 0.176 e. The standard InChI is InChI=1S/C11H22N6O/c1-6-7(2)18-8(3)11(6)9(13-12)5-10-14-16-17(4)15-10/h6-9,11,13H,5,12H2,1-4H3. The molecule has 0 radical (unpaired) electrons. The predicted octanol–water partition coefficient (Wildman–Crippen LogP) is -0.356. The summed E-state index contributed by atoms with van der Waals surface area (Å²) in [6, 6.07) is 0.101. The summed E-state index contributed by atoms with van der Waals surface area (Å²) in [7, 11) is 1.76. The number of hydrogen-bond donors (Lipinski definition) is 2. The summed E-state index contributed by atoms with van der Waals surface area (Å²) in [6.45, 7) is 6.40. The molecule has 0 spiro atoms. The Morgan fingerprint density at radius 3 is 2.56 bits per heavy atom. The van der Waals surface area contributed by atoms with Crippen molar-refractivity contribution in [3.63, 3.8) is 0 Å². The highest BCUT2D eigenvalue weighted by molar-refractivity contribution is 4.95. The number of aryl methyl sites for hydroxylation is 1. The van der Waals surface area contributed by atoms with Crippen molar-refractivity contribution in [1.82, 2.24) is 25.6 Å². The maximum absolute atomic E-state index is 5.85. The molecule has 0 bridgehead atoms. The minimum atomic E-state index is 0.101. The molecular weight excluding hydrogens is 232 g/mol. The third-order valence-electron chi connectivity index (χ3n) is 3.95. The molecular formula is C11H22N6O. The molecule has 1 saturated heterocycles. The van der Waals surface area contributed by atoms with Crippen LogP contribution >= 0.6 is 0 Å². The van der Waals surface area contributed by atoms with E-state index in [1.807, 2.05) is 0 Å². The van der Waals surface area contributed by atoms with Crippen LogP contribution < -0.4 is 11.3 Å². The van der Waals surface area contributed by atoms with E-state index < -0.39 is 0 Å². The molecule has 0 amide bonds. The summed E-state index contributed by atoms with van der Waals surface area (Å²) in [6.07, 6.45) is 1.11. The second-order valence-electron chi connectivity index (χ2n) is 5.16. The van der Waals surface area contributed by atoms with Crippen LogP contribution in [-0.4, -0.2) is 38.5 Å². The first-order chi connectivity index (χ1) is 8.52. The number of nitrogens with two attached hydrogens (primary N) is 1. The summed E-state index contributed by atoms with van der Waals surface area (Å²) in [4.78, 5) is 1.46. The Hall–Kier alpha value is -1.05. The lowest BCUT2D eigenvalue weighted by atomic mass is 9.82. The summed E-state index contributed by atoms with van der Waals surface area (Å²) in [5, 5.41) is 12.0. The average Bonchev–Trinajstić information content (AvgIpc) is 2.82. The Labute approximate surface area is 107 Å². The Kier molecular flexibility index (Phi) is 3.94. The third kappa shape index (κ3) is 2.52. The Morgan fingerprint density at radius 2 is 2.11 bits per heavy atom. The van der Waals surface area contributed by atoms with E-state index in [9.17, 15) is 0 Å². The van der Waals surface area contributed by atoms with Crippen LogP contribution in [0.3, 0.4) is 0 Å². The van der Waals surface area contributed by atoms with Gasteiger partial charge in [0, 0.05) is 18.4 Å². The summed E-state index contributed by atoms with van der Waals surface area (Å²) in [5.74, 6) is 7.21. The predicted molar refractivity (Wildman–Crippen MR) is 66.3 cm³/mol. The van der Waals surface area contributed by atoms with Crippen molar-refractivity contribution < 1.29 is 4.74 Å². The highest BCUT2D eigenvalue weighted by Gasteiger charge is 2.41. The molecule has 18 heavy (non-hydrogen) atoms. The fourth-order valence-corrected chi connectivity index (χ4v) is 2.90. The van der Waals surface area contributed by atoms with E-state index in [2.05, 4.69) is 41.6 Å². The van der Waals surface area contributed by atoms with Crippen molar-refractivity contribution in [2.75, 3.05) is 0 Å². The molecule has 7 nitrogen and oxygen atoms in total. The van der Waals surface area contributed by atoms with Gasteiger partial charge in [-0.2, -0.15) is 4.80 Å². The van der Waals surface area contributed by atoms with E-state index in [-0.39, 0.29) is 18.2 Å². The number of hydrazine groups is 1. The normalized spacial score (nSPS) is 33.8. The van der Waals surface area contributed by atoms with E-state index in [0.717, 1.165) is 0 Å². The van der Waals surface area contributed by atoms with Crippen LogP contribution in [0.5, 0.6) is 0 Å². The van der Waals surface area contributed by atoms with Crippen LogP contribution in [-0.2, 0) is 18.2 Å². The molecule has 1 aromatic heterocycles. The maximum atomic E-state index is 5.85. The molecule has 0 aromatic carbocycles. The van der Waals surface area contributed by atoms with Gasteiger partial charge >= 0.3 is 0 Å². The van der Waals surface area contributed by atoms with E-state index in [0.29, 0.717) is 24.1 Å². The van der Waals surface area contributed by atoms with Crippen LogP contribution in [0.25, 0.3) is 0 Å². The SMILES string of the molecule is CC1OC(C)C(C(Cc2nnn(C)n2)NN)C1C. The minimum Gasteiger partial charge on any atom is -0.375 e. The Bertz CT molecular complexity index is 395. The van der Waals surface area contributed by atoms with Crippen LogP contribution in [0.2, 0.25) is 0 Å². The second kappa shape index (κ2) is 5.29. The molecule has 2 rings (SSSR count). The fraction of sp³-hybridized carbons (Fsp3) is 0.909. The quantitative estimate of drug-likeness (QED) is 0.563. The van der Waals surface area contributed by atoms with Gasteiger partial charge in [-0.3, -0.25) is 11.3 Å². The van der Waals surface area contributed by atoms with Crippen molar-refractivity contribution in [2.24, 2.45) is 24.7 Å². The summed E-state index contributed by atoms with van der Waals surface area (Å²) >= 11 is 0. The highest BCUT2D eigenvalue weighted by Crippen LogP contribution is 2.34. The molecule has 0 aliphatic carbocycles. The van der Waals surface area contributed by atoms with E-state index in [1.165, 1.54) is 4.80 Å². The molecule has 102 valence electrons. The molecule has 1 fully saturated rings. The average molecular weight is 254 g/mol. The smallest absolute Gasteiger partial charge is 0.176 e. The first-order valence-corrected chi connectivity index (χ1v) is 6.37. The molecule has 1 aliphatic rings. The number of nitrogens with one attached hydrogen (secondary N) is 1. The summed E-state index contributed by atoms with van der Waals surface area (Å²) in [5.41, 5.74) is 2.89. The molecule has 1 aromatic rings. The largest absolute Gasteiger partial charge is 0.375 e. The van der Waals surface area contributed by atoms with Gasteiger partial charge in [-0.15, -0.1) is 10.2 Å². The first-order valence-electron chi connectivity index (χ1n) is 6.37. The number of hydrogen-bond acceptors (Lipinski definition) is 6. The van der Waals surface area contributed by atoms with Gasteiger partial charge in [-0.05, 0) is 25.0 Å². The number of rotatable bonds is 4. The van der Waals surface area contributed by atoms with Gasteiger partial charge in [-0.1, -0.05) is 6.92 Å². The lowest BCUT2D eigenvalue weighted by Crippen LogP contribution is -2.47. The van der Waals surface area contributed by atoms with Crippen molar-refractivity contribution in [1.29, 1.82) is 0 Å². The zero-order valence-electron chi connectivity index (χ0n) is 11.4. The minimum absolute atomic E-state index is 0.101. The van der Waals surface area contributed by atoms with Gasteiger partial charge in [0.25, 0.3) is 0 Å². The fourth-order valence-electron chi connectivity index (χ4n) is 2.90. The van der Waals surface area contributed by atoms with E-state index in [4.69, 9.17) is 10.6 Å². The van der Waals surface area contributed by atoms with Crippen LogP contribution in [0.4, 0.5) is 0 Å². The topological polar surface area (TPSA) is 90.9 Å². The molecule has 5 unspecified atom stereocenters. The van der Waals surface area contributed by atoms with Crippen LogP contribution in [0.15, 0.2) is 0 Å². The number of aromatic nitrogens is 4. The molecule has 7 heteroatoms. The molecule has 2 heterocycles. The van der Waals surface area contributed by atoms with Crippen molar-refractivity contribution in [3.8, 4) is 0 Å². The molecule has 1 aliphatic heterocycles. The zero-order chi connectivity index (χ0) is 13.3. The molecule has 0 saturated carbocycles. The molecule has 3 N–H and O–H groups in total. The Balaban J connectivity index is 2.08. The van der Waals surface area contributed by atoms with Crippen LogP contribution in [0, 0.1) is 11.8 Å². The van der Waals surface area contributed by atoms with Gasteiger partial charge < -0.3 is 4.74 Å². The van der Waals surface area contributed by atoms with Gasteiger partial charge in [0.05, 0.1) is 19.3 Å². The number of nitrogens with zero attached hydrogens (tertiary/aromatic N) is 4. The summed E-state index contributed by atoms with van der Waals surface area (Å²) < 4.78 is 5.85. The van der Waals surface area contributed by atoms with Gasteiger partial charge in [-0.25, -0.2) is 0 Å². The van der Waals surface area contributed by atoms with E-state index in [1.54, 1.807) is 7.05 Å². The Morgan fingerprint density at radius 1 is 1.39 bits per heavy atom. The van der Waals surface area contributed by atoms with Gasteiger partial charge in [0.1, 0.15) is 0 Å². The van der Waals surface area contributed by atoms with E-state index >= 15 is 0 Å². The van der Waals surface area contributed by atoms with Gasteiger partial charge in [0.15, 0.2) is 5.82 Å².